The number of benzene rings is 1. The summed E-state index contributed by atoms with van der Waals surface area (Å²) in [7, 11) is 1.76. The zero-order valence-electron chi connectivity index (χ0n) is 16.3. The average Bonchev–Trinajstić information content (AvgIpc) is 3.14. The van der Waals surface area contributed by atoms with Crippen LogP contribution in [0, 0.1) is 11.2 Å². The fraction of sp³-hybridized carbons (Fsp3) is 0.300. The normalized spacial score (nSPS) is 16.8. The lowest BCUT2D eigenvalue weighted by molar-refractivity contribution is 0.0529. The Balaban J connectivity index is 1.69. The molecule has 0 radical (unpaired) electrons. The van der Waals surface area contributed by atoms with Gasteiger partial charge >= 0.3 is 0 Å². The Bertz CT molecular complexity index is 1060. The predicted octanol–water partition coefficient (Wildman–Crippen LogP) is 2.24. The Hall–Kier alpha value is -3.33. The lowest BCUT2D eigenvalue weighted by Gasteiger charge is -2.32. The second-order valence-corrected chi connectivity index (χ2v) is 7.09. The van der Waals surface area contributed by atoms with Crippen LogP contribution in [0.1, 0.15) is 18.2 Å². The van der Waals surface area contributed by atoms with Gasteiger partial charge < -0.3 is 15.4 Å². The van der Waals surface area contributed by atoms with Crippen LogP contribution in [0.4, 0.5) is 15.9 Å². The topological polar surface area (TPSA) is 106 Å². The molecule has 1 aliphatic rings. The smallest absolute Gasteiger partial charge is 0.133 e. The molecule has 2 aromatic heterocycles. The van der Waals surface area contributed by atoms with E-state index in [1.807, 2.05) is 6.92 Å². The van der Waals surface area contributed by atoms with Gasteiger partial charge in [-0.05, 0) is 19.1 Å². The van der Waals surface area contributed by atoms with E-state index in [4.69, 9.17) is 15.9 Å². The molecule has 0 unspecified atom stereocenters. The molecule has 29 heavy (non-hydrogen) atoms. The van der Waals surface area contributed by atoms with E-state index in [1.165, 1.54) is 12.4 Å². The Morgan fingerprint density at radius 1 is 1.31 bits per heavy atom. The summed E-state index contributed by atoms with van der Waals surface area (Å²) < 4.78 is 21.7. The van der Waals surface area contributed by atoms with Crippen LogP contribution in [0.2, 0.25) is 0 Å². The third kappa shape index (κ3) is 3.81. The minimum Gasteiger partial charge on any atom is -0.398 e. The number of rotatable bonds is 4. The second-order valence-electron chi connectivity index (χ2n) is 7.09. The standard InChI is InChI=1S/C20H22FN7O/c1-12-9-28(3-4-29-12)19-7-18(24-11-25-19)20(23)15-5-14(16(21)6-17(15)22)13-8-26-27(2)10-13/h5-8,10-12,23H,3-4,9,22H2,1-2H3/t12-/m1/s1. The number of nitrogen functional groups attached to an aromatic ring is 1. The summed E-state index contributed by atoms with van der Waals surface area (Å²) in [6.07, 6.45) is 4.83. The van der Waals surface area contributed by atoms with Crippen molar-refractivity contribution in [1.29, 1.82) is 5.41 Å². The van der Waals surface area contributed by atoms with Crippen LogP contribution in [0.15, 0.2) is 36.9 Å². The first-order valence-electron chi connectivity index (χ1n) is 9.28. The van der Waals surface area contributed by atoms with Crippen molar-refractivity contribution in [2.24, 2.45) is 7.05 Å². The summed E-state index contributed by atoms with van der Waals surface area (Å²) in [5, 5.41) is 12.7. The molecule has 150 valence electrons. The van der Waals surface area contributed by atoms with Gasteiger partial charge in [-0.2, -0.15) is 5.10 Å². The molecule has 1 fully saturated rings. The maximum atomic E-state index is 14.5. The molecule has 0 saturated carbocycles. The summed E-state index contributed by atoms with van der Waals surface area (Å²) in [5.74, 6) is 0.265. The first-order valence-corrected chi connectivity index (χ1v) is 9.28. The number of nitrogens with one attached hydrogen (secondary N) is 1. The number of anilines is 2. The number of ether oxygens (including phenoxy) is 1. The fourth-order valence-corrected chi connectivity index (χ4v) is 3.41. The highest BCUT2D eigenvalue weighted by Crippen LogP contribution is 2.28. The van der Waals surface area contributed by atoms with E-state index in [1.54, 1.807) is 36.3 Å². The average molecular weight is 395 g/mol. The Kier molecular flexibility index (Phi) is 4.98. The largest absolute Gasteiger partial charge is 0.398 e. The summed E-state index contributed by atoms with van der Waals surface area (Å²) in [6, 6.07) is 4.56. The van der Waals surface area contributed by atoms with E-state index in [9.17, 15) is 4.39 Å². The molecule has 1 saturated heterocycles. The van der Waals surface area contributed by atoms with Gasteiger partial charge in [0.2, 0.25) is 0 Å². The Morgan fingerprint density at radius 2 is 2.14 bits per heavy atom. The monoisotopic (exact) mass is 395 g/mol. The maximum Gasteiger partial charge on any atom is 0.133 e. The van der Waals surface area contributed by atoms with Crippen molar-refractivity contribution in [3.05, 3.63) is 54.0 Å². The van der Waals surface area contributed by atoms with Crippen molar-refractivity contribution in [2.75, 3.05) is 30.3 Å². The lowest BCUT2D eigenvalue weighted by atomic mass is 9.99. The number of aryl methyl sites for hydroxylation is 1. The Morgan fingerprint density at radius 3 is 2.86 bits per heavy atom. The second kappa shape index (κ2) is 7.59. The van der Waals surface area contributed by atoms with Gasteiger partial charge in [0.05, 0.1) is 30.3 Å². The van der Waals surface area contributed by atoms with Gasteiger partial charge in [-0.1, -0.05) is 0 Å². The van der Waals surface area contributed by atoms with Gasteiger partial charge in [0, 0.05) is 54.8 Å². The van der Waals surface area contributed by atoms with Crippen LogP contribution in [0.3, 0.4) is 0 Å². The van der Waals surface area contributed by atoms with Crippen molar-refractivity contribution in [2.45, 2.75) is 13.0 Å². The van der Waals surface area contributed by atoms with Crippen LogP contribution >= 0.6 is 0 Å². The molecule has 4 rings (SSSR count). The van der Waals surface area contributed by atoms with Crippen molar-refractivity contribution in [1.82, 2.24) is 19.7 Å². The molecule has 1 aliphatic heterocycles. The molecular weight excluding hydrogens is 373 g/mol. The zero-order chi connectivity index (χ0) is 20.5. The molecule has 9 heteroatoms. The first-order chi connectivity index (χ1) is 13.9. The van der Waals surface area contributed by atoms with E-state index >= 15 is 0 Å². The number of nitrogens with two attached hydrogens (primary N) is 1. The van der Waals surface area contributed by atoms with Crippen molar-refractivity contribution < 1.29 is 9.13 Å². The Labute approximate surface area is 167 Å². The minimum absolute atomic E-state index is 0.108. The summed E-state index contributed by atoms with van der Waals surface area (Å²) in [4.78, 5) is 10.7. The number of aromatic nitrogens is 4. The molecule has 3 heterocycles. The number of halogens is 1. The molecule has 3 N–H and O–H groups in total. The third-order valence-corrected chi connectivity index (χ3v) is 4.90. The van der Waals surface area contributed by atoms with E-state index in [-0.39, 0.29) is 17.5 Å². The van der Waals surface area contributed by atoms with Gasteiger partial charge in [0.25, 0.3) is 0 Å². The molecule has 0 aliphatic carbocycles. The molecule has 0 spiro atoms. The lowest BCUT2D eigenvalue weighted by Crippen LogP contribution is -2.41. The highest BCUT2D eigenvalue weighted by atomic mass is 19.1. The summed E-state index contributed by atoms with van der Waals surface area (Å²) >= 11 is 0. The van der Waals surface area contributed by atoms with Gasteiger partial charge in [-0.3, -0.25) is 10.1 Å². The van der Waals surface area contributed by atoms with Crippen LogP contribution in [-0.4, -0.2) is 51.3 Å². The van der Waals surface area contributed by atoms with Crippen molar-refractivity contribution in [3.63, 3.8) is 0 Å². The van der Waals surface area contributed by atoms with Crippen molar-refractivity contribution in [3.8, 4) is 11.1 Å². The maximum absolute atomic E-state index is 14.5. The molecule has 1 atom stereocenters. The van der Waals surface area contributed by atoms with Crippen LogP contribution in [0.5, 0.6) is 0 Å². The molecule has 1 aromatic carbocycles. The van der Waals surface area contributed by atoms with Crippen molar-refractivity contribution >= 4 is 17.2 Å². The van der Waals surface area contributed by atoms with E-state index in [0.717, 1.165) is 12.4 Å². The molecule has 0 bridgehead atoms. The van der Waals surface area contributed by atoms with Crippen LogP contribution in [-0.2, 0) is 11.8 Å². The number of morpholine rings is 1. The third-order valence-electron chi connectivity index (χ3n) is 4.90. The molecule has 8 nitrogen and oxygen atoms in total. The highest BCUT2D eigenvalue weighted by molar-refractivity contribution is 6.13. The molecule has 3 aromatic rings. The van der Waals surface area contributed by atoms with Gasteiger partial charge in [0.1, 0.15) is 18.0 Å². The highest BCUT2D eigenvalue weighted by Gasteiger charge is 2.20. The summed E-state index contributed by atoms with van der Waals surface area (Å²) in [6.45, 7) is 4.07. The molecular formula is C20H22FN7O. The number of nitrogens with zero attached hydrogens (tertiary/aromatic N) is 5. The number of hydrogen-bond donors (Lipinski definition) is 2. The van der Waals surface area contributed by atoms with Crippen LogP contribution in [0.25, 0.3) is 11.1 Å². The van der Waals surface area contributed by atoms with E-state index in [2.05, 4.69) is 20.0 Å². The SMILES string of the molecule is C[C@@H]1CN(c2cc(C(=N)c3cc(-c4cnn(C)c4)c(F)cc3N)ncn2)CCO1. The number of hydrogen-bond acceptors (Lipinski definition) is 7. The van der Waals surface area contributed by atoms with E-state index < -0.39 is 5.82 Å². The predicted molar refractivity (Wildman–Crippen MR) is 109 cm³/mol. The zero-order valence-corrected chi connectivity index (χ0v) is 16.3. The first kappa shape index (κ1) is 19.0. The van der Waals surface area contributed by atoms with Crippen LogP contribution < -0.4 is 10.6 Å². The van der Waals surface area contributed by atoms with Gasteiger partial charge in [0.15, 0.2) is 0 Å². The fourth-order valence-electron chi connectivity index (χ4n) is 3.41. The van der Waals surface area contributed by atoms with E-state index in [0.29, 0.717) is 35.5 Å². The summed E-state index contributed by atoms with van der Waals surface area (Å²) in [5.41, 5.74) is 8.11. The minimum atomic E-state index is -0.460. The van der Waals surface area contributed by atoms with Gasteiger partial charge in [-0.15, -0.1) is 0 Å². The van der Waals surface area contributed by atoms with Gasteiger partial charge in [-0.25, -0.2) is 14.4 Å². The molecule has 0 amide bonds. The quantitative estimate of drug-likeness (QED) is 0.518.